The smallest absolute Gasteiger partial charge is 0.242 e. The number of nitrogens with two attached hydrogens (primary N) is 2. The summed E-state index contributed by atoms with van der Waals surface area (Å²) in [6.07, 6.45) is 3.47. The molecule has 0 aliphatic carbocycles. The molecule has 10 heteroatoms. The number of aliphatic imine (C=N–C) groups is 1. The van der Waals surface area contributed by atoms with E-state index in [-0.39, 0.29) is 18.4 Å². The lowest BCUT2D eigenvalue weighted by molar-refractivity contribution is -0.129. The molecule has 31 heavy (non-hydrogen) atoms. The highest BCUT2D eigenvalue weighted by molar-refractivity contribution is 5.89. The van der Waals surface area contributed by atoms with Gasteiger partial charge in [-0.25, -0.2) is 0 Å². The summed E-state index contributed by atoms with van der Waals surface area (Å²) in [7, 11) is 1.00. The third-order valence-electron chi connectivity index (χ3n) is 4.18. The number of aliphatic hydroxyl groups is 1. The van der Waals surface area contributed by atoms with E-state index in [0.29, 0.717) is 32.2 Å². The lowest BCUT2D eigenvalue weighted by Crippen LogP contribution is -2.50. The highest BCUT2D eigenvalue weighted by atomic mass is 16.2. The average molecular weight is 437 g/mol. The summed E-state index contributed by atoms with van der Waals surface area (Å²) in [6.45, 7) is 2.78. The van der Waals surface area contributed by atoms with E-state index in [9.17, 15) is 14.4 Å². The summed E-state index contributed by atoms with van der Waals surface area (Å²) in [5.74, 6) is -0.703. The van der Waals surface area contributed by atoms with Gasteiger partial charge in [0.05, 0.1) is 12.6 Å². The van der Waals surface area contributed by atoms with Gasteiger partial charge in [-0.3, -0.25) is 14.6 Å². The summed E-state index contributed by atoms with van der Waals surface area (Å²) >= 11 is 0. The summed E-state index contributed by atoms with van der Waals surface area (Å²) < 4.78 is 0. The summed E-state index contributed by atoms with van der Waals surface area (Å²) in [6, 6.07) is 8.74. The predicted molar refractivity (Wildman–Crippen MR) is 121 cm³/mol. The van der Waals surface area contributed by atoms with Gasteiger partial charge in [0.25, 0.3) is 0 Å². The van der Waals surface area contributed by atoms with E-state index < -0.39 is 18.0 Å². The number of carbonyl (C=O) groups excluding carboxylic acids is 3. The normalized spacial score (nSPS) is 11.8. The van der Waals surface area contributed by atoms with Crippen LogP contribution in [0, 0.1) is 0 Å². The minimum absolute atomic E-state index is 0.0123. The Morgan fingerprint density at radius 1 is 1.13 bits per heavy atom. The number of aliphatic hydroxyl groups excluding tert-OH is 1. The Hall–Kier alpha value is -2.98. The molecule has 0 aromatic heterocycles. The van der Waals surface area contributed by atoms with Crippen LogP contribution in [0.3, 0.4) is 0 Å². The zero-order valence-electron chi connectivity index (χ0n) is 18.3. The summed E-state index contributed by atoms with van der Waals surface area (Å²) in [5, 5.41) is 15.3. The van der Waals surface area contributed by atoms with Gasteiger partial charge in [-0.05, 0) is 44.7 Å². The molecule has 8 N–H and O–H groups in total. The lowest BCUT2D eigenvalue weighted by Gasteiger charge is -2.17. The monoisotopic (exact) mass is 436 g/mol. The van der Waals surface area contributed by atoms with Crippen LogP contribution in [0.1, 0.15) is 31.7 Å². The molecule has 2 amide bonds. The minimum atomic E-state index is -0.742. The number of nitrogens with one attached hydrogen (secondary N) is 3. The number of aryl methyl sites for hydroxylation is 1. The first-order valence-corrected chi connectivity index (χ1v) is 10.2. The van der Waals surface area contributed by atoms with Crippen molar-refractivity contribution in [1.82, 2.24) is 16.0 Å². The van der Waals surface area contributed by atoms with Crippen LogP contribution in [0.25, 0.3) is 0 Å². The molecule has 0 aliphatic rings. The van der Waals surface area contributed by atoms with Gasteiger partial charge in [-0.2, -0.15) is 0 Å². The van der Waals surface area contributed by atoms with Gasteiger partial charge in [-0.15, -0.1) is 0 Å². The maximum Gasteiger partial charge on any atom is 0.242 e. The zero-order valence-corrected chi connectivity index (χ0v) is 18.3. The fourth-order valence-electron chi connectivity index (χ4n) is 2.62. The van der Waals surface area contributed by atoms with Crippen molar-refractivity contribution >= 4 is 24.1 Å². The van der Waals surface area contributed by atoms with Gasteiger partial charge < -0.3 is 37.3 Å². The molecule has 0 saturated carbocycles. The van der Waals surface area contributed by atoms with E-state index >= 15 is 0 Å². The second-order valence-corrected chi connectivity index (χ2v) is 6.76. The van der Waals surface area contributed by atoms with Crippen LogP contribution < -0.4 is 27.4 Å². The Kier molecular flexibility index (Phi) is 16.1. The van der Waals surface area contributed by atoms with Gasteiger partial charge in [0, 0.05) is 13.7 Å². The fraction of sp³-hybridized carbons (Fsp3) is 0.524. The molecule has 0 saturated heterocycles. The largest absolute Gasteiger partial charge is 0.400 e. The number of rotatable bonds is 14. The van der Waals surface area contributed by atoms with E-state index in [0.717, 1.165) is 20.0 Å². The number of carbonyl (C=O) groups is 3. The lowest BCUT2D eigenvalue weighted by atomic mass is 10.1. The highest BCUT2D eigenvalue weighted by Gasteiger charge is 2.18. The first kappa shape index (κ1) is 28.0. The number of benzene rings is 1. The molecule has 1 rings (SSSR count). The number of nitrogens with zero attached hydrogens (tertiary/aromatic N) is 1. The molecule has 0 heterocycles. The maximum absolute atomic E-state index is 12.1. The second-order valence-electron chi connectivity index (χ2n) is 6.76. The first-order chi connectivity index (χ1) is 14.9. The summed E-state index contributed by atoms with van der Waals surface area (Å²) in [4.78, 5) is 39.1. The molecule has 0 spiro atoms. The van der Waals surface area contributed by atoms with E-state index in [1.54, 1.807) is 6.92 Å². The number of hydrogen-bond acceptors (Lipinski definition) is 6. The van der Waals surface area contributed by atoms with Crippen molar-refractivity contribution in [2.75, 3.05) is 26.7 Å². The molecule has 0 radical (unpaired) electrons. The highest BCUT2D eigenvalue weighted by Crippen LogP contribution is 2.01. The van der Waals surface area contributed by atoms with Crippen LogP contribution in [0.15, 0.2) is 35.3 Å². The van der Waals surface area contributed by atoms with Gasteiger partial charge in [-0.1, -0.05) is 30.3 Å². The second kappa shape index (κ2) is 17.8. The van der Waals surface area contributed by atoms with E-state index in [4.69, 9.17) is 16.6 Å². The number of hydrogen-bond donors (Lipinski definition) is 6. The van der Waals surface area contributed by atoms with Crippen LogP contribution in [0.5, 0.6) is 0 Å². The molecule has 1 aromatic rings. The molecular weight excluding hydrogens is 400 g/mol. The Bertz CT molecular complexity index is 665. The maximum atomic E-state index is 12.1. The van der Waals surface area contributed by atoms with Crippen LogP contribution in [-0.2, 0) is 20.8 Å². The number of aldehydes is 1. The quantitative estimate of drug-likeness (QED) is 0.0945. The fourth-order valence-corrected chi connectivity index (χ4v) is 2.62. The Balaban J connectivity index is 0.00000436. The van der Waals surface area contributed by atoms with Gasteiger partial charge >= 0.3 is 0 Å². The molecule has 0 fully saturated rings. The first-order valence-electron chi connectivity index (χ1n) is 10.2. The van der Waals surface area contributed by atoms with Crippen molar-refractivity contribution < 1.29 is 19.5 Å². The van der Waals surface area contributed by atoms with Crippen molar-refractivity contribution in [3.63, 3.8) is 0 Å². The molecular formula is C21H36N6O4. The third-order valence-corrected chi connectivity index (χ3v) is 4.18. The minimum Gasteiger partial charge on any atom is -0.400 e. The van der Waals surface area contributed by atoms with Crippen molar-refractivity contribution in [1.29, 1.82) is 0 Å². The molecule has 1 unspecified atom stereocenters. The van der Waals surface area contributed by atoms with E-state index in [1.807, 2.05) is 18.2 Å². The Morgan fingerprint density at radius 3 is 2.42 bits per heavy atom. The van der Waals surface area contributed by atoms with Crippen molar-refractivity contribution in [3.8, 4) is 0 Å². The van der Waals surface area contributed by atoms with E-state index in [2.05, 4.69) is 33.1 Å². The third kappa shape index (κ3) is 14.6. The summed E-state index contributed by atoms with van der Waals surface area (Å²) in [5.41, 5.74) is 11.7. The van der Waals surface area contributed by atoms with Gasteiger partial charge in [0.2, 0.25) is 11.8 Å². The Morgan fingerprint density at radius 2 is 1.81 bits per heavy atom. The van der Waals surface area contributed by atoms with Crippen LogP contribution in [0.4, 0.5) is 0 Å². The predicted octanol–water partition coefficient (Wildman–Crippen LogP) is -0.941. The molecule has 2 atom stereocenters. The van der Waals surface area contributed by atoms with Gasteiger partial charge in [0.15, 0.2) is 5.96 Å². The van der Waals surface area contributed by atoms with Crippen molar-refractivity contribution in [2.45, 2.75) is 44.7 Å². The number of amides is 2. The molecule has 0 aliphatic heterocycles. The van der Waals surface area contributed by atoms with E-state index in [1.165, 1.54) is 5.56 Å². The van der Waals surface area contributed by atoms with Crippen LogP contribution >= 0.6 is 0 Å². The molecule has 0 bridgehead atoms. The van der Waals surface area contributed by atoms with Crippen LogP contribution in [-0.4, -0.2) is 68.0 Å². The molecule has 174 valence electrons. The average Bonchev–Trinajstić information content (AvgIpc) is 2.77. The van der Waals surface area contributed by atoms with Crippen molar-refractivity contribution in [3.05, 3.63) is 35.9 Å². The molecule has 10 nitrogen and oxygen atoms in total. The van der Waals surface area contributed by atoms with Gasteiger partial charge in [0.1, 0.15) is 12.3 Å². The van der Waals surface area contributed by atoms with Crippen LogP contribution in [0.2, 0.25) is 0 Å². The topological polar surface area (TPSA) is 172 Å². The zero-order chi connectivity index (χ0) is 23.5. The number of guanidine groups is 1. The standard InChI is InChI=1S/C20H32N6O3.CH4O/c1-15(19(29)26-17(14-27)10-6-12-24-20(21)22)25-18(28)13-23-11-5-9-16-7-3-2-4-8-16;1-2/h2-4,7-8,14-15,17,23H,5-6,9-13H2,1H3,(H,25,28)(H,26,29)(H4,21,22,24);2H,1H3/t15-,17?;/m0./s1. The molecule has 1 aromatic carbocycles. The van der Waals surface area contributed by atoms with Crippen molar-refractivity contribution in [2.24, 2.45) is 16.5 Å². The Labute approximate surface area is 183 Å². The SMILES string of the molecule is CO.C[C@H](NC(=O)CNCCCc1ccccc1)C(=O)NC(C=O)CCCN=C(N)N.